The molecule has 1 aromatic carbocycles. The van der Waals surface area contributed by atoms with Crippen LogP contribution in [-0.2, 0) is 6.18 Å². The summed E-state index contributed by atoms with van der Waals surface area (Å²) in [6.45, 7) is 1.53. The van der Waals surface area contributed by atoms with E-state index in [-0.39, 0.29) is 11.6 Å². The molecule has 28 heavy (non-hydrogen) atoms. The number of nitrogens with zero attached hydrogens (tertiary/aromatic N) is 6. The quantitative estimate of drug-likeness (QED) is 0.584. The Morgan fingerprint density at radius 1 is 1.14 bits per heavy atom. The van der Waals surface area contributed by atoms with E-state index in [9.17, 15) is 18.0 Å². The van der Waals surface area contributed by atoms with Crippen molar-refractivity contribution in [2.24, 2.45) is 0 Å². The third kappa shape index (κ3) is 3.29. The highest BCUT2D eigenvalue weighted by Gasteiger charge is 2.34. The van der Waals surface area contributed by atoms with Crippen molar-refractivity contribution < 1.29 is 18.0 Å². The molecule has 0 aliphatic heterocycles. The standard InChI is InChI=1S/C17H12F3N7O/c1-10-9-13(17(18,19)20)24-27(10)12-5-3-11(4-6-12)22-15(28)14-23-16-21-7-2-8-26(16)25-14/h2-9H,1H3,(H,22,28). The molecule has 8 nitrogen and oxygen atoms in total. The van der Waals surface area contributed by atoms with E-state index in [0.29, 0.717) is 17.1 Å². The van der Waals surface area contributed by atoms with Gasteiger partial charge in [-0.15, -0.1) is 5.10 Å². The predicted octanol–water partition coefficient (Wildman–Crippen LogP) is 2.89. The van der Waals surface area contributed by atoms with Gasteiger partial charge in [0.05, 0.1) is 5.69 Å². The van der Waals surface area contributed by atoms with E-state index in [2.05, 4.69) is 25.5 Å². The third-order valence-electron chi connectivity index (χ3n) is 3.87. The first kappa shape index (κ1) is 17.6. The summed E-state index contributed by atoms with van der Waals surface area (Å²) in [5.41, 5.74) is 0.238. The molecule has 0 aliphatic rings. The van der Waals surface area contributed by atoms with Gasteiger partial charge in [0.25, 0.3) is 11.7 Å². The SMILES string of the molecule is Cc1cc(C(F)(F)F)nn1-c1ccc(NC(=O)c2nc3ncccn3n2)cc1. The maximum absolute atomic E-state index is 12.8. The van der Waals surface area contributed by atoms with Gasteiger partial charge in [-0.3, -0.25) is 4.79 Å². The van der Waals surface area contributed by atoms with Crippen LogP contribution in [0.15, 0.2) is 48.8 Å². The molecule has 1 amide bonds. The Morgan fingerprint density at radius 2 is 1.89 bits per heavy atom. The summed E-state index contributed by atoms with van der Waals surface area (Å²) in [7, 11) is 0. The predicted molar refractivity (Wildman–Crippen MR) is 92.0 cm³/mol. The largest absolute Gasteiger partial charge is 0.435 e. The zero-order chi connectivity index (χ0) is 19.9. The van der Waals surface area contributed by atoms with Crippen molar-refractivity contribution >= 4 is 17.4 Å². The van der Waals surface area contributed by atoms with E-state index in [0.717, 1.165) is 6.07 Å². The average molecular weight is 387 g/mol. The number of fused-ring (bicyclic) bond motifs is 1. The minimum atomic E-state index is -4.51. The summed E-state index contributed by atoms with van der Waals surface area (Å²) in [4.78, 5) is 20.3. The molecule has 142 valence electrons. The first-order valence-electron chi connectivity index (χ1n) is 8.04. The fourth-order valence-electron chi connectivity index (χ4n) is 2.58. The number of carbonyl (C=O) groups excluding carboxylic acids is 1. The van der Waals surface area contributed by atoms with Crippen molar-refractivity contribution in [3.63, 3.8) is 0 Å². The van der Waals surface area contributed by atoms with Crippen molar-refractivity contribution in [1.29, 1.82) is 0 Å². The molecular formula is C17H12F3N7O. The van der Waals surface area contributed by atoms with Crippen molar-refractivity contribution in [2.75, 3.05) is 5.32 Å². The lowest BCUT2D eigenvalue weighted by Gasteiger charge is -2.07. The van der Waals surface area contributed by atoms with Gasteiger partial charge in [-0.1, -0.05) is 0 Å². The molecule has 0 spiro atoms. The molecule has 0 bridgehead atoms. The van der Waals surface area contributed by atoms with Gasteiger partial charge in [0, 0.05) is 23.8 Å². The molecule has 3 aromatic heterocycles. The van der Waals surface area contributed by atoms with Crippen LogP contribution in [0.4, 0.5) is 18.9 Å². The molecule has 4 aromatic rings. The normalized spacial score (nSPS) is 11.7. The fraction of sp³-hybridized carbons (Fsp3) is 0.118. The topological polar surface area (TPSA) is 90.0 Å². The summed E-state index contributed by atoms with van der Waals surface area (Å²) >= 11 is 0. The van der Waals surface area contributed by atoms with Gasteiger partial charge in [0.2, 0.25) is 5.82 Å². The molecule has 0 atom stereocenters. The summed E-state index contributed by atoms with van der Waals surface area (Å²) in [5.74, 6) is -0.300. The zero-order valence-corrected chi connectivity index (χ0v) is 14.3. The van der Waals surface area contributed by atoms with E-state index >= 15 is 0 Å². The molecule has 1 N–H and O–H groups in total. The molecule has 3 heterocycles. The number of aryl methyl sites for hydroxylation is 1. The lowest BCUT2D eigenvalue weighted by Crippen LogP contribution is -2.14. The highest BCUT2D eigenvalue weighted by Crippen LogP contribution is 2.29. The van der Waals surface area contributed by atoms with Gasteiger partial charge < -0.3 is 5.32 Å². The number of anilines is 1. The fourth-order valence-corrected chi connectivity index (χ4v) is 2.58. The number of nitrogens with one attached hydrogen (secondary N) is 1. The summed E-state index contributed by atoms with van der Waals surface area (Å²) in [6, 6.07) is 8.83. The van der Waals surface area contributed by atoms with Crippen LogP contribution in [0.1, 0.15) is 22.0 Å². The summed E-state index contributed by atoms with van der Waals surface area (Å²) in [6.07, 6.45) is -1.37. The third-order valence-corrected chi connectivity index (χ3v) is 3.87. The molecule has 11 heteroatoms. The lowest BCUT2D eigenvalue weighted by atomic mass is 10.2. The Labute approximate surface area is 155 Å². The van der Waals surface area contributed by atoms with Crippen LogP contribution >= 0.6 is 0 Å². The Hall–Kier alpha value is -3.76. The molecule has 0 unspecified atom stereocenters. The second-order valence-corrected chi connectivity index (χ2v) is 5.88. The van der Waals surface area contributed by atoms with Crippen molar-refractivity contribution in [3.8, 4) is 5.69 Å². The van der Waals surface area contributed by atoms with E-state index in [1.54, 1.807) is 36.5 Å². The number of aromatic nitrogens is 6. The molecule has 0 saturated carbocycles. The maximum atomic E-state index is 12.8. The second-order valence-electron chi connectivity index (χ2n) is 5.88. The molecule has 0 aliphatic carbocycles. The molecule has 4 rings (SSSR count). The highest BCUT2D eigenvalue weighted by atomic mass is 19.4. The van der Waals surface area contributed by atoms with Crippen LogP contribution in [0, 0.1) is 6.92 Å². The van der Waals surface area contributed by atoms with Crippen LogP contribution in [0.25, 0.3) is 11.5 Å². The minimum absolute atomic E-state index is 0.0551. The lowest BCUT2D eigenvalue weighted by molar-refractivity contribution is -0.141. The second kappa shape index (κ2) is 6.44. The van der Waals surface area contributed by atoms with E-state index < -0.39 is 17.8 Å². The minimum Gasteiger partial charge on any atom is -0.319 e. The first-order chi connectivity index (χ1) is 13.3. The Kier molecular flexibility index (Phi) is 4.06. The van der Waals surface area contributed by atoms with Gasteiger partial charge in [0.1, 0.15) is 0 Å². The van der Waals surface area contributed by atoms with Gasteiger partial charge in [-0.25, -0.2) is 14.2 Å². The Morgan fingerprint density at radius 3 is 2.54 bits per heavy atom. The van der Waals surface area contributed by atoms with Crippen LogP contribution in [0.3, 0.4) is 0 Å². The molecule has 0 fully saturated rings. The van der Waals surface area contributed by atoms with Gasteiger partial charge in [-0.05, 0) is 43.3 Å². The summed E-state index contributed by atoms with van der Waals surface area (Å²) in [5, 5.41) is 10.2. The molecule has 0 radical (unpaired) electrons. The van der Waals surface area contributed by atoms with Crippen LogP contribution in [0.2, 0.25) is 0 Å². The van der Waals surface area contributed by atoms with E-state index in [4.69, 9.17) is 0 Å². The Bertz CT molecular complexity index is 1130. The van der Waals surface area contributed by atoms with Crippen molar-refractivity contribution in [1.82, 2.24) is 29.4 Å². The zero-order valence-electron chi connectivity index (χ0n) is 14.3. The number of alkyl halides is 3. The van der Waals surface area contributed by atoms with Crippen molar-refractivity contribution in [2.45, 2.75) is 13.1 Å². The molecule has 0 saturated heterocycles. The number of hydrogen-bond donors (Lipinski definition) is 1. The monoisotopic (exact) mass is 387 g/mol. The number of halogens is 3. The van der Waals surface area contributed by atoms with Gasteiger partial charge in [-0.2, -0.15) is 23.3 Å². The number of rotatable bonds is 3. The number of hydrogen-bond acceptors (Lipinski definition) is 5. The van der Waals surface area contributed by atoms with Crippen LogP contribution < -0.4 is 5.32 Å². The first-order valence-corrected chi connectivity index (χ1v) is 8.04. The van der Waals surface area contributed by atoms with E-state index in [1.807, 2.05) is 0 Å². The average Bonchev–Trinajstić information content (AvgIpc) is 3.26. The summed E-state index contributed by atoms with van der Waals surface area (Å²) < 4.78 is 41.0. The van der Waals surface area contributed by atoms with Crippen LogP contribution in [0.5, 0.6) is 0 Å². The number of amides is 1. The van der Waals surface area contributed by atoms with Gasteiger partial charge in [0.15, 0.2) is 5.69 Å². The number of benzene rings is 1. The van der Waals surface area contributed by atoms with E-state index in [1.165, 1.54) is 22.3 Å². The maximum Gasteiger partial charge on any atom is 0.435 e. The van der Waals surface area contributed by atoms with Gasteiger partial charge >= 0.3 is 6.18 Å². The Balaban J connectivity index is 1.53. The highest BCUT2D eigenvalue weighted by molar-refractivity contribution is 6.01. The number of carbonyl (C=O) groups is 1. The van der Waals surface area contributed by atoms with Crippen LogP contribution in [-0.4, -0.2) is 35.3 Å². The van der Waals surface area contributed by atoms with Crippen molar-refractivity contribution in [3.05, 3.63) is 66.0 Å². The molecular weight excluding hydrogens is 375 g/mol. The smallest absolute Gasteiger partial charge is 0.319 e.